The quantitative estimate of drug-likeness (QED) is 0.591. The van der Waals surface area contributed by atoms with Crippen molar-refractivity contribution in [2.24, 2.45) is 14.1 Å². The summed E-state index contributed by atoms with van der Waals surface area (Å²) in [7, 11) is 3.39. The van der Waals surface area contributed by atoms with E-state index < -0.39 is 0 Å². The molecule has 0 saturated carbocycles. The van der Waals surface area contributed by atoms with E-state index in [1.807, 2.05) is 0 Å². The lowest BCUT2D eigenvalue weighted by atomic mass is 10.4. The summed E-state index contributed by atoms with van der Waals surface area (Å²) in [4.78, 5) is 28.2. The maximum atomic E-state index is 12.2. The van der Waals surface area contributed by atoms with Crippen molar-refractivity contribution in [2.75, 3.05) is 4.43 Å². The third-order valence-corrected chi connectivity index (χ3v) is 3.48. The number of aryl methyl sites for hydroxylation is 2. The topological polar surface area (TPSA) is 61.8 Å². The van der Waals surface area contributed by atoms with Gasteiger partial charge in [0.2, 0.25) is 0 Å². The van der Waals surface area contributed by atoms with Gasteiger partial charge in [-0.15, -0.1) is 0 Å². The van der Waals surface area contributed by atoms with Crippen LogP contribution in [0, 0.1) is 0 Å². The van der Waals surface area contributed by atoms with Crippen molar-refractivity contribution in [3.8, 4) is 0 Å². The molecule has 2 rings (SSSR count). The van der Waals surface area contributed by atoms with Gasteiger partial charge in [-0.3, -0.25) is 13.9 Å². The van der Waals surface area contributed by atoms with Crippen molar-refractivity contribution in [1.82, 2.24) is 18.7 Å². The summed E-state index contributed by atoms with van der Waals surface area (Å²) in [6.45, 7) is 0.454. The molecule has 0 aromatic carbocycles. The molecule has 2 aromatic heterocycles. The Hall–Kier alpha value is -1.12. The maximum Gasteiger partial charge on any atom is 0.332 e. The molecular formula is C10H13IN4O2. The molecule has 0 aliphatic carbocycles. The summed E-state index contributed by atoms with van der Waals surface area (Å²) >= 11 is 2.23. The monoisotopic (exact) mass is 348 g/mol. The van der Waals surface area contributed by atoms with Gasteiger partial charge in [0.25, 0.3) is 5.56 Å². The van der Waals surface area contributed by atoms with Crippen molar-refractivity contribution in [2.45, 2.75) is 13.0 Å². The third-order valence-electron chi connectivity index (χ3n) is 2.72. The molecule has 17 heavy (non-hydrogen) atoms. The molecule has 0 unspecified atom stereocenters. The van der Waals surface area contributed by atoms with E-state index in [1.54, 1.807) is 25.0 Å². The average Bonchev–Trinajstić information content (AvgIpc) is 2.69. The molecule has 0 aliphatic rings. The first kappa shape index (κ1) is 12.3. The number of nitrogens with zero attached hydrogens (tertiary/aromatic N) is 4. The number of hydrogen-bond donors (Lipinski definition) is 0. The lowest BCUT2D eigenvalue weighted by molar-refractivity contribution is 0.596. The molecule has 2 heterocycles. The van der Waals surface area contributed by atoms with Crippen LogP contribution in [0.4, 0.5) is 0 Å². The zero-order valence-corrected chi connectivity index (χ0v) is 11.8. The fourth-order valence-corrected chi connectivity index (χ4v) is 2.15. The van der Waals surface area contributed by atoms with Crippen molar-refractivity contribution in [3.63, 3.8) is 0 Å². The van der Waals surface area contributed by atoms with Crippen LogP contribution in [-0.4, -0.2) is 23.1 Å². The highest BCUT2D eigenvalue weighted by Gasteiger charge is 2.13. The Morgan fingerprint density at radius 3 is 2.71 bits per heavy atom. The Morgan fingerprint density at radius 1 is 1.35 bits per heavy atom. The minimum Gasteiger partial charge on any atom is -0.328 e. The van der Waals surface area contributed by atoms with Crippen LogP contribution < -0.4 is 11.2 Å². The van der Waals surface area contributed by atoms with E-state index in [9.17, 15) is 9.59 Å². The highest BCUT2D eigenvalue weighted by molar-refractivity contribution is 14.1. The molecule has 2 aromatic rings. The van der Waals surface area contributed by atoms with Crippen LogP contribution >= 0.6 is 22.6 Å². The first-order valence-electron chi connectivity index (χ1n) is 5.24. The van der Waals surface area contributed by atoms with Gasteiger partial charge < -0.3 is 4.57 Å². The second kappa shape index (κ2) is 4.63. The molecule has 0 atom stereocenters. The summed E-state index contributed by atoms with van der Waals surface area (Å²) in [6.07, 6.45) is 2.35. The van der Waals surface area contributed by atoms with Gasteiger partial charge in [0.05, 0.1) is 6.33 Å². The molecule has 7 heteroatoms. The second-order valence-electron chi connectivity index (χ2n) is 3.87. The smallest absolute Gasteiger partial charge is 0.328 e. The van der Waals surface area contributed by atoms with Gasteiger partial charge in [0.15, 0.2) is 11.2 Å². The number of alkyl halides is 1. The predicted octanol–water partition coefficient (Wildman–Crippen LogP) is 0.259. The number of halogens is 1. The minimum absolute atomic E-state index is 0.257. The third kappa shape index (κ3) is 1.92. The summed E-state index contributed by atoms with van der Waals surface area (Å²) in [6, 6.07) is 0. The molecule has 0 spiro atoms. The summed E-state index contributed by atoms with van der Waals surface area (Å²) in [5.41, 5.74) is 0.354. The molecule has 0 aliphatic heterocycles. The fraction of sp³-hybridized carbons (Fsp3) is 0.500. The van der Waals surface area contributed by atoms with Crippen LogP contribution in [0.1, 0.15) is 6.42 Å². The summed E-state index contributed by atoms with van der Waals surface area (Å²) in [5.74, 6) is 0. The zero-order chi connectivity index (χ0) is 12.6. The number of hydrogen-bond acceptors (Lipinski definition) is 3. The maximum absolute atomic E-state index is 12.2. The molecule has 0 amide bonds. The van der Waals surface area contributed by atoms with Gasteiger partial charge >= 0.3 is 5.69 Å². The standard InChI is InChI=1S/C10H13IN4O2/c1-13-6-12-8-7(13)9(16)15(5-3-4-11)10(17)14(8)2/h6H,3-5H2,1-2H3. The van der Waals surface area contributed by atoms with Gasteiger partial charge in [-0.25, -0.2) is 9.78 Å². The van der Waals surface area contributed by atoms with Crippen LogP contribution in [0.2, 0.25) is 0 Å². The van der Waals surface area contributed by atoms with E-state index >= 15 is 0 Å². The lowest BCUT2D eigenvalue weighted by Gasteiger charge is -2.07. The van der Waals surface area contributed by atoms with Crippen LogP contribution in [-0.2, 0) is 20.6 Å². The van der Waals surface area contributed by atoms with Crippen molar-refractivity contribution in [3.05, 3.63) is 27.2 Å². The molecule has 0 fully saturated rings. The Morgan fingerprint density at radius 2 is 2.06 bits per heavy atom. The number of imidazole rings is 1. The van der Waals surface area contributed by atoms with E-state index in [0.717, 1.165) is 10.8 Å². The van der Waals surface area contributed by atoms with Gasteiger partial charge in [0, 0.05) is 25.1 Å². The Bertz CT molecular complexity index is 667. The fourth-order valence-electron chi connectivity index (χ4n) is 1.81. The van der Waals surface area contributed by atoms with Gasteiger partial charge in [0.1, 0.15) is 0 Å². The van der Waals surface area contributed by atoms with Gasteiger partial charge in [-0.05, 0) is 6.42 Å². The molecule has 0 radical (unpaired) electrons. The molecule has 92 valence electrons. The van der Waals surface area contributed by atoms with E-state index in [2.05, 4.69) is 27.6 Å². The normalized spacial score (nSPS) is 11.2. The van der Waals surface area contributed by atoms with Crippen LogP contribution in [0.5, 0.6) is 0 Å². The molecule has 0 N–H and O–H groups in total. The Balaban J connectivity index is 2.80. The number of aromatic nitrogens is 4. The number of rotatable bonds is 3. The highest BCUT2D eigenvalue weighted by atomic mass is 127. The van der Waals surface area contributed by atoms with Crippen LogP contribution in [0.15, 0.2) is 15.9 Å². The molecular weight excluding hydrogens is 335 g/mol. The Kier molecular flexibility index (Phi) is 3.36. The molecule has 0 bridgehead atoms. The van der Waals surface area contributed by atoms with E-state index in [1.165, 1.54) is 9.13 Å². The summed E-state index contributed by atoms with van der Waals surface area (Å²) in [5, 5.41) is 0. The average molecular weight is 348 g/mol. The van der Waals surface area contributed by atoms with E-state index in [-0.39, 0.29) is 11.2 Å². The van der Waals surface area contributed by atoms with Crippen molar-refractivity contribution in [1.29, 1.82) is 0 Å². The van der Waals surface area contributed by atoms with Crippen LogP contribution in [0.3, 0.4) is 0 Å². The molecule has 0 saturated heterocycles. The molecule has 6 nitrogen and oxygen atoms in total. The first-order chi connectivity index (χ1) is 8.07. The first-order valence-corrected chi connectivity index (χ1v) is 6.77. The predicted molar refractivity (Wildman–Crippen MR) is 73.7 cm³/mol. The SMILES string of the molecule is Cn1cnc2c1c(=O)n(CCCI)c(=O)n2C. The summed E-state index contributed by atoms with van der Waals surface area (Å²) < 4.78 is 5.26. The highest BCUT2D eigenvalue weighted by Crippen LogP contribution is 2.03. The van der Waals surface area contributed by atoms with Gasteiger partial charge in [-0.1, -0.05) is 22.6 Å². The van der Waals surface area contributed by atoms with E-state index in [4.69, 9.17) is 0 Å². The van der Waals surface area contributed by atoms with E-state index in [0.29, 0.717) is 17.7 Å². The number of fused-ring (bicyclic) bond motifs is 1. The largest absolute Gasteiger partial charge is 0.332 e. The lowest BCUT2D eigenvalue weighted by Crippen LogP contribution is -2.39. The van der Waals surface area contributed by atoms with Crippen molar-refractivity contribution < 1.29 is 0 Å². The minimum atomic E-state index is -0.300. The van der Waals surface area contributed by atoms with Crippen LogP contribution in [0.25, 0.3) is 11.2 Å². The second-order valence-corrected chi connectivity index (χ2v) is 4.95. The van der Waals surface area contributed by atoms with Gasteiger partial charge in [-0.2, -0.15) is 0 Å². The Labute approximate surface area is 111 Å². The van der Waals surface area contributed by atoms with Crippen molar-refractivity contribution >= 4 is 33.8 Å². The zero-order valence-electron chi connectivity index (χ0n) is 9.68.